The third kappa shape index (κ3) is 1.97. The molecule has 0 amide bonds. The first-order valence-corrected chi connectivity index (χ1v) is 5.87. The zero-order valence-electron chi connectivity index (χ0n) is 9.85. The van der Waals surface area contributed by atoms with Crippen LogP contribution in [0.1, 0.15) is 37.8 Å². The number of carboxylic acids is 1. The number of hydrogen-bond acceptors (Lipinski definition) is 3. The van der Waals surface area contributed by atoms with E-state index >= 15 is 0 Å². The van der Waals surface area contributed by atoms with Gasteiger partial charge in [-0.05, 0) is 25.8 Å². The standard InChI is InChI=1S/C12H16N2O3/c1-9-5-6-10(15)14(13-9)12(11(16)17)7-3-2-4-8-12/h5-6H,2-4,7-8H2,1H3,(H,16,17). The van der Waals surface area contributed by atoms with Gasteiger partial charge in [0.25, 0.3) is 5.56 Å². The van der Waals surface area contributed by atoms with Gasteiger partial charge in [0, 0.05) is 6.07 Å². The SMILES string of the molecule is Cc1ccc(=O)n(C2(C(=O)O)CCCCC2)n1. The fraction of sp³-hybridized carbons (Fsp3) is 0.583. The number of carboxylic acid groups (broad SMARTS) is 1. The molecule has 5 nitrogen and oxygen atoms in total. The molecule has 0 unspecified atom stereocenters. The van der Waals surface area contributed by atoms with Crippen LogP contribution in [0.5, 0.6) is 0 Å². The molecule has 1 aliphatic carbocycles. The maximum atomic E-state index is 11.8. The topological polar surface area (TPSA) is 72.2 Å². The highest BCUT2D eigenvalue weighted by atomic mass is 16.4. The highest BCUT2D eigenvalue weighted by Gasteiger charge is 2.43. The first kappa shape index (κ1) is 11.8. The van der Waals surface area contributed by atoms with Crippen LogP contribution >= 0.6 is 0 Å². The second kappa shape index (κ2) is 4.31. The molecule has 2 rings (SSSR count). The summed E-state index contributed by atoms with van der Waals surface area (Å²) >= 11 is 0. The van der Waals surface area contributed by atoms with E-state index in [0.717, 1.165) is 19.3 Å². The van der Waals surface area contributed by atoms with Gasteiger partial charge in [-0.3, -0.25) is 4.79 Å². The smallest absolute Gasteiger partial charge is 0.331 e. The maximum Gasteiger partial charge on any atom is 0.331 e. The van der Waals surface area contributed by atoms with Crippen molar-refractivity contribution in [2.45, 2.75) is 44.6 Å². The minimum Gasteiger partial charge on any atom is -0.479 e. The Hall–Kier alpha value is -1.65. The van der Waals surface area contributed by atoms with E-state index in [1.54, 1.807) is 13.0 Å². The minimum absolute atomic E-state index is 0.333. The zero-order chi connectivity index (χ0) is 12.5. The van der Waals surface area contributed by atoms with Crippen molar-refractivity contribution in [3.8, 4) is 0 Å². The number of aliphatic carboxylic acids is 1. The lowest BCUT2D eigenvalue weighted by molar-refractivity contribution is -0.150. The minimum atomic E-state index is -1.14. The van der Waals surface area contributed by atoms with E-state index in [0.29, 0.717) is 18.5 Å². The van der Waals surface area contributed by atoms with Crippen molar-refractivity contribution in [1.82, 2.24) is 9.78 Å². The number of rotatable bonds is 2. The maximum absolute atomic E-state index is 11.8. The Morgan fingerprint density at radius 1 is 1.35 bits per heavy atom. The molecule has 1 saturated carbocycles. The van der Waals surface area contributed by atoms with Crippen molar-refractivity contribution >= 4 is 5.97 Å². The first-order chi connectivity index (χ1) is 8.06. The van der Waals surface area contributed by atoms with Gasteiger partial charge in [-0.25, -0.2) is 9.48 Å². The normalized spacial score (nSPS) is 18.9. The molecule has 5 heteroatoms. The summed E-state index contributed by atoms with van der Waals surface area (Å²) in [6.45, 7) is 1.76. The Morgan fingerprint density at radius 2 is 2.00 bits per heavy atom. The van der Waals surface area contributed by atoms with Crippen LogP contribution < -0.4 is 5.56 Å². The van der Waals surface area contributed by atoms with Crippen LogP contribution in [-0.2, 0) is 10.3 Å². The summed E-state index contributed by atoms with van der Waals surface area (Å²) in [5.74, 6) is -0.947. The van der Waals surface area contributed by atoms with Crippen molar-refractivity contribution in [3.05, 3.63) is 28.2 Å². The zero-order valence-corrected chi connectivity index (χ0v) is 9.85. The lowest BCUT2D eigenvalue weighted by atomic mass is 9.82. The molecule has 0 aromatic carbocycles. The molecule has 1 aromatic heterocycles. The molecule has 1 heterocycles. The predicted molar refractivity (Wildman–Crippen MR) is 61.9 cm³/mol. The number of aromatic nitrogens is 2. The molecule has 0 saturated heterocycles. The molecule has 0 atom stereocenters. The van der Waals surface area contributed by atoms with Gasteiger partial charge in [0.05, 0.1) is 5.69 Å². The van der Waals surface area contributed by atoms with Gasteiger partial charge < -0.3 is 5.11 Å². The van der Waals surface area contributed by atoms with Crippen molar-refractivity contribution in [1.29, 1.82) is 0 Å². The molecule has 1 aromatic rings. The highest BCUT2D eigenvalue weighted by Crippen LogP contribution is 2.33. The number of hydrogen-bond donors (Lipinski definition) is 1. The summed E-state index contributed by atoms with van der Waals surface area (Å²) in [6.07, 6.45) is 3.65. The molecule has 92 valence electrons. The lowest BCUT2D eigenvalue weighted by Gasteiger charge is -2.33. The summed E-state index contributed by atoms with van der Waals surface area (Å²) in [5.41, 5.74) is -0.808. The Kier molecular flexibility index (Phi) is 3.00. The Morgan fingerprint density at radius 3 is 2.59 bits per heavy atom. The average Bonchev–Trinajstić information content (AvgIpc) is 2.33. The van der Waals surface area contributed by atoms with E-state index in [2.05, 4.69) is 5.10 Å². The van der Waals surface area contributed by atoms with E-state index in [1.165, 1.54) is 10.7 Å². The number of aryl methyl sites for hydroxylation is 1. The van der Waals surface area contributed by atoms with E-state index in [4.69, 9.17) is 0 Å². The first-order valence-electron chi connectivity index (χ1n) is 5.87. The Balaban J connectivity index is 2.56. The quantitative estimate of drug-likeness (QED) is 0.840. The molecular weight excluding hydrogens is 220 g/mol. The van der Waals surface area contributed by atoms with Crippen LogP contribution in [0.4, 0.5) is 0 Å². The van der Waals surface area contributed by atoms with Gasteiger partial charge in [0.15, 0.2) is 5.54 Å². The lowest BCUT2D eigenvalue weighted by Crippen LogP contribution is -2.50. The number of carbonyl (C=O) groups is 1. The third-order valence-electron chi connectivity index (χ3n) is 3.42. The summed E-state index contributed by atoms with van der Waals surface area (Å²) in [4.78, 5) is 23.4. The van der Waals surface area contributed by atoms with E-state index < -0.39 is 11.5 Å². The second-order valence-corrected chi connectivity index (χ2v) is 4.62. The molecule has 1 N–H and O–H groups in total. The Labute approximate surface area is 99.1 Å². The van der Waals surface area contributed by atoms with Gasteiger partial charge >= 0.3 is 5.97 Å². The largest absolute Gasteiger partial charge is 0.479 e. The van der Waals surface area contributed by atoms with Crippen LogP contribution in [0.25, 0.3) is 0 Å². The van der Waals surface area contributed by atoms with Gasteiger partial charge in [0.1, 0.15) is 0 Å². The van der Waals surface area contributed by atoms with Crippen LogP contribution in [0.3, 0.4) is 0 Å². The summed E-state index contributed by atoms with van der Waals surface area (Å²) in [5, 5.41) is 13.6. The van der Waals surface area contributed by atoms with Gasteiger partial charge in [0.2, 0.25) is 0 Å². The van der Waals surface area contributed by atoms with Crippen LogP contribution in [-0.4, -0.2) is 20.9 Å². The third-order valence-corrected chi connectivity index (χ3v) is 3.42. The molecule has 0 radical (unpaired) electrons. The summed E-state index contributed by atoms with van der Waals surface area (Å²) in [6, 6.07) is 3.00. The van der Waals surface area contributed by atoms with Crippen molar-refractivity contribution in [2.75, 3.05) is 0 Å². The van der Waals surface area contributed by atoms with Gasteiger partial charge in [-0.15, -0.1) is 0 Å². The molecular formula is C12H16N2O3. The van der Waals surface area contributed by atoms with Crippen molar-refractivity contribution in [3.63, 3.8) is 0 Å². The van der Waals surface area contributed by atoms with Crippen LogP contribution in [0, 0.1) is 6.92 Å². The molecule has 0 aliphatic heterocycles. The molecule has 0 spiro atoms. The summed E-state index contributed by atoms with van der Waals surface area (Å²) in [7, 11) is 0. The molecule has 0 bridgehead atoms. The molecule has 17 heavy (non-hydrogen) atoms. The second-order valence-electron chi connectivity index (χ2n) is 4.62. The highest BCUT2D eigenvalue weighted by molar-refractivity contribution is 5.76. The van der Waals surface area contributed by atoms with E-state index in [9.17, 15) is 14.7 Å². The predicted octanol–water partition coefficient (Wildman–Crippen LogP) is 1.30. The average molecular weight is 236 g/mol. The van der Waals surface area contributed by atoms with Crippen LogP contribution in [0.2, 0.25) is 0 Å². The Bertz CT molecular complexity index is 487. The van der Waals surface area contributed by atoms with Crippen molar-refractivity contribution < 1.29 is 9.90 Å². The fourth-order valence-electron chi connectivity index (χ4n) is 2.46. The van der Waals surface area contributed by atoms with Crippen LogP contribution in [0.15, 0.2) is 16.9 Å². The van der Waals surface area contributed by atoms with Gasteiger partial charge in [-0.2, -0.15) is 5.10 Å². The monoisotopic (exact) mass is 236 g/mol. The van der Waals surface area contributed by atoms with Gasteiger partial charge in [-0.1, -0.05) is 19.3 Å². The summed E-state index contributed by atoms with van der Waals surface area (Å²) < 4.78 is 1.17. The van der Waals surface area contributed by atoms with Crippen molar-refractivity contribution in [2.24, 2.45) is 0 Å². The number of nitrogens with zero attached hydrogens (tertiary/aromatic N) is 2. The fourth-order valence-corrected chi connectivity index (χ4v) is 2.46. The van der Waals surface area contributed by atoms with E-state index in [-0.39, 0.29) is 5.56 Å². The van der Waals surface area contributed by atoms with E-state index in [1.807, 2.05) is 0 Å². The molecule has 1 aliphatic rings. The molecule has 1 fully saturated rings.